The molecule has 0 spiro atoms. The first-order valence-corrected chi connectivity index (χ1v) is 16.3. The number of carbonyl (C=O) groups excluding carboxylic acids is 5. The zero-order valence-corrected chi connectivity index (χ0v) is 28.9. The summed E-state index contributed by atoms with van der Waals surface area (Å²) >= 11 is 4.29. The molecule has 0 aliphatic heterocycles. The van der Waals surface area contributed by atoms with Crippen LogP contribution in [0.2, 0.25) is 0 Å². The van der Waals surface area contributed by atoms with E-state index < -0.39 is 83.9 Å². The SMILES string of the molecule is CC(C)(S)CNC(=O)CNC(=O)C(CC(=O)O)NC(=O)Cc1ccc(CNC(=O)NCCCCCNC(=O)NC(CCC(=O)O)C(=O)O)cc1. The lowest BCUT2D eigenvalue weighted by Gasteiger charge is -2.19. The van der Waals surface area contributed by atoms with Crippen molar-refractivity contribution in [2.45, 2.75) is 82.2 Å². The molecule has 18 nitrogen and oxygen atoms in total. The molecule has 0 saturated carbocycles. The van der Waals surface area contributed by atoms with Crippen LogP contribution in [-0.4, -0.2) is 106 Å². The van der Waals surface area contributed by atoms with Crippen LogP contribution < -0.4 is 37.2 Å². The van der Waals surface area contributed by atoms with Gasteiger partial charge >= 0.3 is 30.0 Å². The normalized spacial score (nSPS) is 12.0. The lowest BCUT2D eigenvalue weighted by atomic mass is 10.1. The van der Waals surface area contributed by atoms with E-state index >= 15 is 0 Å². The van der Waals surface area contributed by atoms with E-state index in [4.69, 9.17) is 10.2 Å². The number of aliphatic carboxylic acids is 3. The highest BCUT2D eigenvalue weighted by Gasteiger charge is 2.25. The molecule has 2 unspecified atom stereocenters. The topological polar surface area (TPSA) is 281 Å². The third kappa shape index (κ3) is 21.0. The number of thiol groups is 1. The van der Waals surface area contributed by atoms with Gasteiger partial charge < -0.3 is 52.5 Å². The summed E-state index contributed by atoms with van der Waals surface area (Å²) in [5, 5.41) is 44.4. The van der Waals surface area contributed by atoms with Gasteiger partial charge in [-0.1, -0.05) is 24.3 Å². The fourth-order valence-corrected chi connectivity index (χ4v) is 4.15. The van der Waals surface area contributed by atoms with Crippen molar-refractivity contribution in [3.05, 3.63) is 35.4 Å². The molecule has 0 aliphatic carbocycles. The maximum Gasteiger partial charge on any atom is 0.326 e. The van der Waals surface area contributed by atoms with E-state index in [-0.39, 0.29) is 32.5 Å². The van der Waals surface area contributed by atoms with Crippen molar-refractivity contribution < 1.29 is 53.7 Å². The highest BCUT2D eigenvalue weighted by molar-refractivity contribution is 7.81. The lowest BCUT2D eigenvalue weighted by Crippen LogP contribution is -2.50. The van der Waals surface area contributed by atoms with Crippen LogP contribution in [0, 0.1) is 0 Å². The summed E-state index contributed by atoms with van der Waals surface area (Å²) in [5.41, 5.74) is 1.32. The van der Waals surface area contributed by atoms with Gasteiger partial charge in [0.25, 0.3) is 0 Å². The summed E-state index contributed by atoms with van der Waals surface area (Å²) in [7, 11) is 0. The quantitative estimate of drug-likeness (QED) is 0.0515. The highest BCUT2D eigenvalue weighted by atomic mass is 32.1. The summed E-state index contributed by atoms with van der Waals surface area (Å²) in [6.07, 6.45) is 0.378. The van der Waals surface area contributed by atoms with Crippen LogP contribution in [0.5, 0.6) is 0 Å². The monoisotopic (exact) mass is 725 g/mol. The minimum absolute atomic E-state index is 0.148. The predicted octanol–water partition coefficient (Wildman–Crippen LogP) is -0.284. The van der Waals surface area contributed by atoms with E-state index in [2.05, 4.69) is 49.8 Å². The van der Waals surface area contributed by atoms with Crippen molar-refractivity contribution >= 4 is 60.3 Å². The molecule has 50 heavy (non-hydrogen) atoms. The van der Waals surface area contributed by atoms with Gasteiger partial charge in [-0.25, -0.2) is 14.4 Å². The van der Waals surface area contributed by atoms with E-state index in [0.29, 0.717) is 31.4 Å². The van der Waals surface area contributed by atoms with Gasteiger partial charge in [0, 0.05) is 37.3 Å². The summed E-state index contributed by atoms with van der Waals surface area (Å²) in [4.78, 5) is 94.0. The van der Waals surface area contributed by atoms with Crippen molar-refractivity contribution in [2.24, 2.45) is 0 Å². The van der Waals surface area contributed by atoms with E-state index in [1.165, 1.54) is 0 Å². The zero-order valence-electron chi connectivity index (χ0n) is 28.0. The minimum atomic E-state index is -1.39. The second-order valence-corrected chi connectivity index (χ2v) is 13.1. The second kappa shape index (κ2) is 22.5. The summed E-state index contributed by atoms with van der Waals surface area (Å²) in [6.45, 7) is 4.25. The third-order valence-corrected chi connectivity index (χ3v) is 6.85. The molecular weight excluding hydrogens is 678 g/mol. The maximum absolute atomic E-state index is 12.6. The average molecular weight is 726 g/mol. The zero-order chi connectivity index (χ0) is 37.7. The van der Waals surface area contributed by atoms with Crippen LogP contribution in [0.15, 0.2) is 24.3 Å². The number of nitrogens with one attached hydrogen (secondary N) is 7. The Morgan fingerprint density at radius 2 is 1.30 bits per heavy atom. The van der Waals surface area contributed by atoms with Crippen LogP contribution in [0.25, 0.3) is 0 Å². The molecule has 0 heterocycles. The van der Waals surface area contributed by atoms with Crippen molar-refractivity contribution in [1.82, 2.24) is 37.2 Å². The van der Waals surface area contributed by atoms with Gasteiger partial charge in [0.2, 0.25) is 17.7 Å². The number of carbonyl (C=O) groups is 8. The fourth-order valence-electron chi connectivity index (χ4n) is 4.07. The van der Waals surface area contributed by atoms with E-state index in [9.17, 15) is 43.5 Å². The summed E-state index contributed by atoms with van der Waals surface area (Å²) in [5.74, 6) is -5.71. The number of hydrogen-bond donors (Lipinski definition) is 11. The van der Waals surface area contributed by atoms with Crippen molar-refractivity contribution in [3.8, 4) is 0 Å². The first-order chi connectivity index (χ1) is 23.4. The molecule has 10 N–H and O–H groups in total. The van der Waals surface area contributed by atoms with Crippen molar-refractivity contribution in [2.75, 3.05) is 26.2 Å². The molecule has 1 aromatic carbocycles. The average Bonchev–Trinajstić information content (AvgIpc) is 3.02. The van der Waals surface area contributed by atoms with Crippen LogP contribution in [0.1, 0.15) is 63.5 Å². The number of rotatable bonds is 23. The molecule has 2 atom stereocenters. The molecule has 0 fully saturated rings. The summed E-state index contributed by atoms with van der Waals surface area (Å²) in [6, 6.07) is 2.88. The second-order valence-electron chi connectivity index (χ2n) is 11.9. The Labute approximate surface area is 294 Å². The smallest absolute Gasteiger partial charge is 0.326 e. The first-order valence-electron chi connectivity index (χ1n) is 15.8. The van der Waals surface area contributed by atoms with Gasteiger partial charge in [-0.05, 0) is 50.7 Å². The van der Waals surface area contributed by atoms with E-state index in [0.717, 1.165) is 5.56 Å². The number of carboxylic acid groups (broad SMARTS) is 3. The number of benzene rings is 1. The van der Waals surface area contributed by atoms with Gasteiger partial charge in [0.1, 0.15) is 12.1 Å². The molecule has 0 saturated heterocycles. The highest BCUT2D eigenvalue weighted by Crippen LogP contribution is 2.09. The number of carboxylic acids is 3. The molecule has 19 heteroatoms. The Bertz CT molecular complexity index is 1340. The Morgan fingerprint density at radius 3 is 1.86 bits per heavy atom. The largest absolute Gasteiger partial charge is 0.481 e. The Hall–Kier alpha value is -5.07. The molecule has 0 radical (unpaired) electrons. The van der Waals surface area contributed by atoms with Crippen LogP contribution in [0.3, 0.4) is 0 Å². The standard InChI is InChI=1S/C31H47N7O11S/c1-31(2,50)18-36-24(40)17-34-27(45)22(15-26(43)44)37-23(39)14-19-6-8-20(9-7-19)16-35-29(48)32-12-4-3-5-13-33-30(49)38-21(28(46)47)10-11-25(41)42/h6-9,21-22,50H,3-5,10-18H2,1-2H3,(H,34,45)(H,36,40)(H,37,39)(H,41,42)(H,43,44)(H,46,47)(H2,32,35,48)(H2,33,38,49). The minimum Gasteiger partial charge on any atom is -0.481 e. The predicted molar refractivity (Wildman–Crippen MR) is 182 cm³/mol. The van der Waals surface area contributed by atoms with E-state index in [1.807, 2.05) is 0 Å². The molecule has 0 aromatic heterocycles. The van der Waals surface area contributed by atoms with Gasteiger partial charge in [-0.3, -0.25) is 24.0 Å². The van der Waals surface area contributed by atoms with Gasteiger partial charge in [0.05, 0.1) is 19.4 Å². The number of amides is 7. The number of urea groups is 2. The number of hydrogen-bond acceptors (Lipinski definition) is 9. The van der Waals surface area contributed by atoms with Crippen molar-refractivity contribution in [3.63, 3.8) is 0 Å². The Kier molecular flexibility index (Phi) is 19.4. The Balaban J connectivity index is 2.35. The molecule has 0 aliphatic rings. The molecule has 1 rings (SSSR count). The molecule has 278 valence electrons. The van der Waals surface area contributed by atoms with Gasteiger partial charge in [-0.15, -0.1) is 0 Å². The lowest BCUT2D eigenvalue weighted by molar-refractivity contribution is -0.141. The van der Waals surface area contributed by atoms with Gasteiger partial charge in [-0.2, -0.15) is 12.6 Å². The third-order valence-electron chi connectivity index (χ3n) is 6.69. The van der Waals surface area contributed by atoms with E-state index in [1.54, 1.807) is 38.1 Å². The Morgan fingerprint density at radius 1 is 0.700 bits per heavy atom. The van der Waals surface area contributed by atoms with Crippen LogP contribution >= 0.6 is 12.6 Å². The summed E-state index contributed by atoms with van der Waals surface area (Å²) < 4.78 is -0.469. The van der Waals surface area contributed by atoms with Crippen molar-refractivity contribution in [1.29, 1.82) is 0 Å². The molecular formula is C31H47N7O11S. The van der Waals surface area contributed by atoms with Crippen LogP contribution in [0.4, 0.5) is 9.59 Å². The first kappa shape index (κ1) is 43.0. The maximum atomic E-state index is 12.6. The number of unbranched alkanes of at least 4 members (excludes halogenated alkanes) is 2. The van der Waals surface area contributed by atoms with Gasteiger partial charge in [0.15, 0.2) is 0 Å². The molecule has 7 amide bonds. The molecule has 0 bridgehead atoms. The molecule has 1 aromatic rings. The van der Waals surface area contributed by atoms with Crippen LogP contribution in [-0.2, 0) is 41.7 Å². The fraction of sp³-hybridized carbons (Fsp3) is 0.548.